The molecule has 0 radical (unpaired) electrons. The fraction of sp³-hybridized carbons (Fsp3) is 0.419. The maximum Gasteiger partial charge on any atom is 0.335 e. The molecule has 4 saturated heterocycles. The summed E-state index contributed by atoms with van der Waals surface area (Å²) in [5.41, 5.74) is 9.09. The van der Waals surface area contributed by atoms with Gasteiger partial charge in [0.05, 0.1) is 11.4 Å². The normalized spacial score (nSPS) is 20.3. The van der Waals surface area contributed by atoms with Crippen LogP contribution in [-0.4, -0.2) is 98.6 Å². The predicted molar refractivity (Wildman–Crippen MR) is 220 cm³/mol. The van der Waals surface area contributed by atoms with E-state index in [9.17, 15) is 14.4 Å². The van der Waals surface area contributed by atoms with Crippen molar-refractivity contribution >= 4 is 40.2 Å². The topological polar surface area (TPSA) is 156 Å². The summed E-state index contributed by atoms with van der Waals surface area (Å²) in [6.45, 7) is 6.59. The standard InChI is InChI=1S/C43H49FN10O4/c44-35-24-29(48-36-11-13-38(55)49-42(36)56)6-12-37(35)52-25-32(26-52)51-22-15-28(16-23-51)14-19-50-20-17-31(18-21-50)54-41-39(40(45)46-27-47-41)53(43(54)57)30-7-9-34(10-8-30)58-33-4-2-1-3-5-33/h1-10,12,24,27-28,31-32,36,48H,11,13-23,25-26H2,(H2,45,46,47)(H,49,55,56). The molecule has 0 spiro atoms. The van der Waals surface area contributed by atoms with Gasteiger partial charge in [-0.1, -0.05) is 18.2 Å². The number of likely N-dealkylation sites (tertiary alicyclic amines) is 2. The van der Waals surface area contributed by atoms with E-state index >= 15 is 4.39 Å². The van der Waals surface area contributed by atoms with Gasteiger partial charge in [0.1, 0.15) is 35.2 Å². The van der Waals surface area contributed by atoms with Crippen molar-refractivity contribution in [3.05, 3.63) is 95.4 Å². The Morgan fingerprint density at radius 1 is 0.845 bits per heavy atom. The molecular formula is C43H49FN10O4. The Morgan fingerprint density at radius 2 is 1.59 bits per heavy atom. The number of amides is 2. The summed E-state index contributed by atoms with van der Waals surface area (Å²) < 4.78 is 24.6. The SMILES string of the molecule is Nc1ncnc2c1n(-c1ccc(Oc3ccccc3)cc1)c(=O)n2C1CCN(CCC2CCN(C3CN(c4ccc(NC5CCC(=O)NC5=O)cc4F)C3)CC2)CC1. The molecule has 5 aromatic rings. The number of carbonyl (C=O) groups is 2. The Bertz CT molecular complexity index is 2330. The molecule has 2 amide bonds. The first-order valence-corrected chi connectivity index (χ1v) is 20.5. The number of ether oxygens (including phenoxy) is 1. The van der Waals surface area contributed by atoms with Crippen LogP contribution in [-0.2, 0) is 9.59 Å². The number of aromatic nitrogens is 4. The number of hydrogen-bond donors (Lipinski definition) is 3. The van der Waals surface area contributed by atoms with Gasteiger partial charge in [0.2, 0.25) is 11.8 Å². The van der Waals surface area contributed by atoms with Crippen LogP contribution >= 0.6 is 0 Å². The van der Waals surface area contributed by atoms with Crippen LogP contribution < -0.4 is 31.7 Å². The number of fused-ring (bicyclic) bond motifs is 1. The van der Waals surface area contributed by atoms with Crippen LogP contribution in [0.5, 0.6) is 11.5 Å². The lowest BCUT2D eigenvalue weighted by atomic mass is 9.91. The Balaban J connectivity index is 0.742. The van der Waals surface area contributed by atoms with Crippen molar-refractivity contribution in [2.75, 3.05) is 61.8 Å². The number of rotatable bonds is 11. The molecule has 2 aromatic heterocycles. The molecule has 1 unspecified atom stereocenters. The quantitative estimate of drug-likeness (QED) is 0.156. The molecule has 4 aliphatic heterocycles. The van der Waals surface area contributed by atoms with E-state index in [1.54, 1.807) is 16.7 Å². The molecule has 3 aromatic carbocycles. The van der Waals surface area contributed by atoms with Gasteiger partial charge in [-0.05, 0) is 119 Å². The second-order valence-electron chi connectivity index (χ2n) is 16.0. The number of imidazole rings is 1. The summed E-state index contributed by atoms with van der Waals surface area (Å²) in [4.78, 5) is 53.6. The van der Waals surface area contributed by atoms with Crippen molar-refractivity contribution in [3.63, 3.8) is 0 Å². The van der Waals surface area contributed by atoms with E-state index in [2.05, 4.69) is 35.3 Å². The van der Waals surface area contributed by atoms with Gasteiger partial charge in [-0.25, -0.2) is 19.2 Å². The summed E-state index contributed by atoms with van der Waals surface area (Å²) in [7, 11) is 0. The van der Waals surface area contributed by atoms with E-state index in [-0.39, 0.29) is 41.6 Å². The van der Waals surface area contributed by atoms with Gasteiger partial charge in [-0.2, -0.15) is 0 Å². The second kappa shape index (κ2) is 16.2. The summed E-state index contributed by atoms with van der Waals surface area (Å²) in [6, 6.07) is 21.9. The monoisotopic (exact) mass is 788 g/mol. The van der Waals surface area contributed by atoms with E-state index in [0.717, 1.165) is 83.7 Å². The molecule has 0 saturated carbocycles. The maximum absolute atomic E-state index is 15.1. The molecule has 302 valence electrons. The van der Waals surface area contributed by atoms with Crippen LogP contribution in [0.2, 0.25) is 0 Å². The fourth-order valence-electron chi connectivity index (χ4n) is 9.07. The summed E-state index contributed by atoms with van der Waals surface area (Å²) in [5.74, 6) is 1.39. The van der Waals surface area contributed by atoms with Crippen LogP contribution in [0, 0.1) is 11.7 Å². The third-order valence-electron chi connectivity index (χ3n) is 12.4. The fourth-order valence-corrected chi connectivity index (χ4v) is 9.07. The molecule has 1 atom stereocenters. The summed E-state index contributed by atoms with van der Waals surface area (Å²) in [6.07, 6.45) is 7.29. The number of nitrogen functional groups attached to an aromatic ring is 1. The molecule has 0 bridgehead atoms. The van der Waals surface area contributed by atoms with Gasteiger partial charge in [-0.3, -0.25) is 28.9 Å². The first-order chi connectivity index (χ1) is 28.3. The van der Waals surface area contributed by atoms with E-state index in [4.69, 9.17) is 10.5 Å². The number of nitrogens with one attached hydrogen (secondary N) is 2. The number of hydrogen-bond acceptors (Lipinski definition) is 11. The van der Waals surface area contributed by atoms with Crippen LogP contribution in [0.1, 0.15) is 51.0 Å². The number of nitrogens with two attached hydrogens (primary N) is 1. The van der Waals surface area contributed by atoms with Gasteiger partial charge in [0.25, 0.3) is 0 Å². The molecule has 14 nitrogen and oxygen atoms in total. The average molecular weight is 789 g/mol. The summed E-state index contributed by atoms with van der Waals surface area (Å²) in [5, 5.41) is 5.39. The third-order valence-corrected chi connectivity index (χ3v) is 12.4. The number of carbonyl (C=O) groups excluding carboxylic acids is 2. The molecule has 4 fully saturated rings. The van der Waals surface area contributed by atoms with Crippen LogP contribution in [0.25, 0.3) is 16.9 Å². The van der Waals surface area contributed by atoms with Gasteiger partial charge in [-0.15, -0.1) is 0 Å². The number of nitrogens with zero attached hydrogens (tertiary/aromatic N) is 7. The first-order valence-electron chi connectivity index (χ1n) is 20.5. The highest BCUT2D eigenvalue weighted by molar-refractivity contribution is 6.01. The molecule has 0 aliphatic carbocycles. The zero-order valence-corrected chi connectivity index (χ0v) is 32.4. The lowest BCUT2D eigenvalue weighted by molar-refractivity contribution is -0.133. The van der Waals surface area contributed by atoms with E-state index < -0.39 is 6.04 Å². The zero-order chi connectivity index (χ0) is 39.8. The molecule has 4 N–H and O–H groups in total. The lowest BCUT2D eigenvalue weighted by Gasteiger charge is -2.49. The Labute approximate surface area is 335 Å². The second-order valence-corrected chi connectivity index (χ2v) is 16.0. The zero-order valence-electron chi connectivity index (χ0n) is 32.4. The van der Waals surface area contributed by atoms with Crippen LogP contribution in [0.3, 0.4) is 0 Å². The van der Waals surface area contributed by atoms with Crippen molar-refractivity contribution in [2.45, 2.75) is 63.1 Å². The van der Waals surface area contributed by atoms with Gasteiger partial charge >= 0.3 is 5.69 Å². The van der Waals surface area contributed by atoms with Gasteiger partial charge in [0.15, 0.2) is 11.5 Å². The molecule has 58 heavy (non-hydrogen) atoms. The lowest BCUT2D eigenvalue weighted by Crippen LogP contribution is -2.61. The number of benzene rings is 3. The van der Waals surface area contributed by atoms with E-state index in [1.807, 2.05) is 59.2 Å². The van der Waals surface area contributed by atoms with Crippen molar-refractivity contribution in [2.24, 2.45) is 5.92 Å². The smallest absolute Gasteiger partial charge is 0.335 e. The minimum Gasteiger partial charge on any atom is -0.457 e. The van der Waals surface area contributed by atoms with Crippen molar-refractivity contribution in [1.82, 2.24) is 34.2 Å². The van der Waals surface area contributed by atoms with Crippen molar-refractivity contribution < 1.29 is 18.7 Å². The maximum atomic E-state index is 15.1. The number of imide groups is 1. The van der Waals surface area contributed by atoms with Crippen molar-refractivity contribution in [1.29, 1.82) is 0 Å². The highest BCUT2D eigenvalue weighted by Gasteiger charge is 2.36. The summed E-state index contributed by atoms with van der Waals surface area (Å²) >= 11 is 0. The average Bonchev–Trinajstić information content (AvgIpc) is 3.52. The minimum absolute atomic E-state index is 0.00804. The highest BCUT2D eigenvalue weighted by atomic mass is 19.1. The molecule has 9 rings (SSSR count). The van der Waals surface area contributed by atoms with E-state index in [0.29, 0.717) is 52.4 Å². The first kappa shape index (κ1) is 37.8. The Hall–Kier alpha value is -5.80. The third kappa shape index (κ3) is 7.75. The number of piperidine rings is 3. The number of anilines is 3. The Kier molecular flexibility index (Phi) is 10.6. The minimum atomic E-state index is -0.543. The van der Waals surface area contributed by atoms with Gasteiger partial charge < -0.3 is 25.6 Å². The molecule has 6 heterocycles. The number of para-hydroxylation sites is 1. The van der Waals surface area contributed by atoms with Crippen molar-refractivity contribution in [3.8, 4) is 17.2 Å². The molecular weight excluding hydrogens is 740 g/mol. The Morgan fingerprint density at radius 3 is 2.31 bits per heavy atom. The van der Waals surface area contributed by atoms with Crippen LogP contribution in [0.4, 0.5) is 21.6 Å². The van der Waals surface area contributed by atoms with Gasteiger partial charge in [0, 0.05) is 50.4 Å². The highest BCUT2D eigenvalue weighted by Crippen LogP contribution is 2.33. The van der Waals surface area contributed by atoms with E-state index in [1.165, 1.54) is 12.4 Å². The largest absolute Gasteiger partial charge is 0.457 e. The number of halogens is 1. The molecule has 4 aliphatic rings. The van der Waals surface area contributed by atoms with Crippen LogP contribution in [0.15, 0.2) is 83.9 Å². The molecule has 15 heteroatoms. The predicted octanol–water partition coefficient (Wildman–Crippen LogP) is 4.94.